The SMILES string of the molecule is O=C([O-])CC1CC1c1cccc(OCc2ccc3c(n2)NCCC3)c1. The molecule has 1 N–H and O–H groups in total. The molecule has 4 rings (SSSR count). The van der Waals surface area contributed by atoms with Crippen LogP contribution < -0.4 is 15.2 Å². The third-order valence-corrected chi connectivity index (χ3v) is 4.98. The van der Waals surface area contributed by atoms with E-state index in [9.17, 15) is 9.90 Å². The van der Waals surface area contributed by atoms with Crippen molar-refractivity contribution in [1.82, 2.24) is 4.98 Å². The van der Waals surface area contributed by atoms with Crippen molar-refractivity contribution in [2.24, 2.45) is 5.92 Å². The number of carbonyl (C=O) groups is 1. The summed E-state index contributed by atoms with van der Waals surface area (Å²) in [5.74, 6) is 1.32. The lowest BCUT2D eigenvalue weighted by molar-refractivity contribution is -0.306. The fraction of sp³-hybridized carbons (Fsp3) is 0.400. The number of carbonyl (C=O) groups excluding carboxylic acids is 1. The molecule has 0 radical (unpaired) electrons. The molecule has 0 spiro atoms. The number of aliphatic carboxylic acids is 1. The topological polar surface area (TPSA) is 74.3 Å². The number of nitrogens with zero attached hydrogens (tertiary/aromatic N) is 1. The maximum Gasteiger partial charge on any atom is 0.130 e. The second-order valence-electron chi connectivity index (χ2n) is 6.88. The van der Waals surface area contributed by atoms with Crippen LogP contribution in [0.2, 0.25) is 0 Å². The van der Waals surface area contributed by atoms with Crippen molar-refractivity contribution in [3.8, 4) is 5.75 Å². The summed E-state index contributed by atoms with van der Waals surface area (Å²) in [6.07, 6.45) is 3.28. The summed E-state index contributed by atoms with van der Waals surface area (Å²) in [6.45, 7) is 1.40. The molecule has 1 aromatic heterocycles. The van der Waals surface area contributed by atoms with Gasteiger partial charge in [-0.15, -0.1) is 0 Å². The van der Waals surface area contributed by atoms with Crippen molar-refractivity contribution in [3.63, 3.8) is 0 Å². The van der Waals surface area contributed by atoms with Gasteiger partial charge in [-0.1, -0.05) is 18.2 Å². The zero-order chi connectivity index (χ0) is 17.2. The first-order valence-corrected chi connectivity index (χ1v) is 8.84. The quantitative estimate of drug-likeness (QED) is 0.875. The van der Waals surface area contributed by atoms with Crippen LogP contribution in [0.5, 0.6) is 5.75 Å². The van der Waals surface area contributed by atoms with Gasteiger partial charge in [-0.3, -0.25) is 0 Å². The smallest absolute Gasteiger partial charge is 0.130 e. The average molecular weight is 337 g/mol. The Morgan fingerprint density at radius 3 is 3.12 bits per heavy atom. The Morgan fingerprint density at radius 1 is 1.32 bits per heavy atom. The lowest BCUT2D eigenvalue weighted by atomic mass is 10.1. The van der Waals surface area contributed by atoms with Gasteiger partial charge in [0.25, 0.3) is 0 Å². The van der Waals surface area contributed by atoms with E-state index in [1.807, 2.05) is 30.3 Å². The van der Waals surface area contributed by atoms with Gasteiger partial charge in [0.1, 0.15) is 18.2 Å². The zero-order valence-electron chi connectivity index (χ0n) is 14.0. The van der Waals surface area contributed by atoms with E-state index in [0.29, 0.717) is 12.5 Å². The number of benzene rings is 1. The Morgan fingerprint density at radius 2 is 2.24 bits per heavy atom. The van der Waals surface area contributed by atoms with Gasteiger partial charge in [-0.05, 0) is 66.8 Å². The number of hydrogen-bond acceptors (Lipinski definition) is 5. The fourth-order valence-electron chi connectivity index (χ4n) is 3.54. The van der Waals surface area contributed by atoms with Crippen LogP contribution >= 0.6 is 0 Å². The molecule has 0 amide bonds. The van der Waals surface area contributed by atoms with Gasteiger partial charge >= 0.3 is 0 Å². The molecule has 0 saturated heterocycles. The number of carboxylic acids is 1. The molecule has 2 aromatic rings. The number of aromatic nitrogens is 1. The fourth-order valence-corrected chi connectivity index (χ4v) is 3.54. The van der Waals surface area contributed by atoms with E-state index in [2.05, 4.69) is 16.4 Å². The Hall–Kier alpha value is -2.56. The van der Waals surface area contributed by atoms with Gasteiger partial charge in [-0.25, -0.2) is 4.98 Å². The van der Waals surface area contributed by atoms with Gasteiger partial charge in [0, 0.05) is 12.5 Å². The molecule has 1 saturated carbocycles. The molecule has 5 nitrogen and oxygen atoms in total. The van der Waals surface area contributed by atoms with Gasteiger partial charge in [-0.2, -0.15) is 0 Å². The van der Waals surface area contributed by atoms with E-state index in [-0.39, 0.29) is 12.3 Å². The third-order valence-electron chi connectivity index (χ3n) is 4.98. The predicted molar refractivity (Wildman–Crippen MR) is 92.3 cm³/mol. The second kappa shape index (κ2) is 6.75. The minimum Gasteiger partial charge on any atom is -0.550 e. The number of rotatable bonds is 6. The molecule has 0 bridgehead atoms. The lowest BCUT2D eigenvalue weighted by Gasteiger charge is -2.17. The number of carboxylic acid groups (broad SMARTS) is 1. The molecule has 1 aliphatic heterocycles. The molecule has 25 heavy (non-hydrogen) atoms. The number of anilines is 1. The van der Waals surface area contributed by atoms with E-state index in [1.165, 1.54) is 5.56 Å². The Kier molecular flexibility index (Phi) is 4.30. The van der Waals surface area contributed by atoms with Gasteiger partial charge in [0.05, 0.1) is 5.69 Å². The van der Waals surface area contributed by atoms with Gasteiger partial charge < -0.3 is 20.0 Å². The van der Waals surface area contributed by atoms with Crippen LogP contribution in [-0.2, 0) is 17.8 Å². The molecule has 1 aliphatic carbocycles. The molecular formula is C20H21N2O3-. The molecule has 2 atom stereocenters. The Bertz CT molecular complexity index is 790. The van der Waals surface area contributed by atoms with E-state index in [1.54, 1.807) is 0 Å². The molecule has 1 aromatic carbocycles. The van der Waals surface area contributed by atoms with Crippen LogP contribution in [0.1, 0.15) is 42.0 Å². The minimum atomic E-state index is -0.966. The second-order valence-corrected chi connectivity index (χ2v) is 6.88. The van der Waals surface area contributed by atoms with Crippen LogP contribution in [0.15, 0.2) is 36.4 Å². The zero-order valence-corrected chi connectivity index (χ0v) is 14.0. The molecule has 1 fully saturated rings. The van der Waals surface area contributed by atoms with Crippen LogP contribution in [-0.4, -0.2) is 17.5 Å². The highest BCUT2D eigenvalue weighted by molar-refractivity contribution is 5.65. The van der Waals surface area contributed by atoms with E-state index in [4.69, 9.17) is 4.74 Å². The van der Waals surface area contributed by atoms with E-state index < -0.39 is 5.97 Å². The van der Waals surface area contributed by atoms with Crippen molar-refractivity contribution in [3.05, 3.63) is 53.2 Å². The third kappa shape index (κ3) is 3.76. The van der Waals surface area contributed by atoms with Crippen LogP contribution in [0.25, 0.3) is 0 Å². The standard InChI is InChI=1S/C20H22N2O3/c23-19(24)11-15-10-18(15)14-3-1-5-17(9-14)25-12-16-7-6-13-4-2-8-21-20(13)22-16/h1,3,5-7,9,15,18H,2,4,8,10-12H2,(H,21,22)(H,23,24)/p-1. The molecule has 5 heteroatoms. The maximum absolute atomic E-state index is 10.7. The van der Waals surface area contributed by atoms with Crippen molar-refractivity contribution < 1.29 is 14.6 Å². The van der Waals surface area contributed by atoms with E-state index in [0.717, 1.165) is 48.6 Å². The van der Waals surface area contributed by atoms with Crippen LogP contribution in [0.4, 0.5) is 5.82 Å². The first kappa shape index (κ1) is 15.9. The minimum absolute atomic E-state index is 0.141. The molecule has 130 valence electrons. The first-order valence-electron chi connectivity index (χ1n) is 8.84. The van der Waals surface area contributed by atoms with Gasteiger partial charge in [0.2, 0.25) is 0 Å². The number of pyridine rings is 1. The summed E-state index contributed by atoms with van der Waals surface area (Å²) in [6, 6.07) is 12.1. The summed E-state index contributed by atoms with van der Waals surface area (Å²) >= 11 is 0. The number of aryl methyl sites for hydroxylation is 1. The summed E-state index contributed by atoms with van der Waals surface area (Å²) in [5.41, 5.74) is 3.31. The van der Waals surface area contributed by atoms with Gasteiger partial charge in [0.15, 0.2) is 0 Å². The monoisotopic (exact) mass is 337 g/mol. The average Bonchev–Trinajstić information content (AvgIpc) is 3.38. The normalized spacial score (nSPS) is 21.1. The summed E-state index contributed by atoms with van der Waals surface area (Å²) in [5, 5.41) is 14.0. The van der Waals surface area contributed by atoms with Crippen molar-refractivity contribution in [1.29, 1.82) is 0 Å². The summed E-state index contributed by atoms with van der Waals surface area (Å²) in [4.78, 5) is 15.3. The highest BCUT2D eigenvalue weighted by atomic mass is 16.5. The Balaban J connectivity index is 1.39. The van der Waals surface area contributed by atoms with Crippen molar-refractivity contribution in [2.45, 2.75) is 38.2 Å². The summed E-state index contributed by atoms with van der Waals surface area (Å²) in [7, 11) is 0. The van der Waals surface area contributed by atoms with Crippen LogP contribution in [0, 0.1) is 5.92 Å². The number of nitrogens with one attached hydrogen (secondary N) is 1. The predicted octanol–water partition coefficient (Wildman–Crippen LogP) is 2.26. The van der Waals surface area contributed by atoms with Crippen molar-refractivity contribution >= 4 is 11.8 Å². The highest BCUT2D eigenvalue weighted by Gasteiger charge is 2.38. The number of ether oxygens (including phenoxy) is 1. The number of fused-ring (bicyclic) bond motifs is 1. The molecule has 2 heterocycles. The van der Waals surface area contributed by atoms with Crippen molar-refractivity contribution in [2.75, 3.05) is 11.9 Å². The lowest BCUT2D eigenvalue weighted by Crippen LogP contribution is -2.22. The van der Waals surface area contributed by atoms with E-state index >= 15 is 0 Å². The summed E-state index contributed by atoms with van der Waals surface area (Å²) < 4.78 is 5.90. The molecular weight excluding hydrogens is 316 g/mol. The maximum atomic E-state index is 10.7. The highest BCUT2D eigenvalue weighted by Crippen LogP contribution is 2.49. The Labute approximate surface area is 147 Å². The molecule has 2 aliphatic rings. The largest absolute Gasteiger partial charge is 0.550 e. The molecule has 2 unspecified atom stereocenters. The first-order chi connectivity index (χ1) is 12.2. The number of hydrogen-bond donors (Lipinski definition) is 1. The van der Waals surface area contributed by atoms with Crippen LogP contribution in [0.3, 0.4) is 0 Å².